The highest BCUT2D eigenvalue weighted by Gasteiger charge is 2.39. The van der Waals surface area contributed by atoms with Gasteiger partial charge in [0.15, 0.2) is 0 Å². The van der Waals surface area contributed by atoms with Crippen LogP contribution < -0.4 is 0 Å². The lowest BCUT2D eigenvalue weighted by Gasteiger charge is -2.39. The first kappa shape index (κ1) is 20.1. The van der Waals surface area contributed by atoms with Gasteiger partial charge in [-0.1, -0.05) is 19.8 Å². The highest BCUT2D eigenvalue weighted by Crippen LogP contribution is 2.30. The molecule has 0 aromatic rings. The van der Waals surface area contributed by atoms with Gasteiger partial charge in [-0.15, -0.1) is 0 Å². The predicted octanol–water partition coefficient (Wildman–Crippen LogP) is 1.91. The van der Waals surface area contributed by atoms with Crippen LogP contribution in [0.1, 0.15) is 58.3 Å². The highest BCUT2D eigenvalue weighted by molar-refractivity contribution is 7.89. The van der Waals surface area contributed by atoms with Gasteiger partial charge >= 0.3 is 0 Å². The predicted molar refractivity (Wildman–Crippen MR) is 103 cm³/mol. The van der Waals surface area contributed by atoms with Crippen LogP contribution in [0.15, 0.2) is 0 Å². The van der Waals surface area contributed by atoms with E-state index in [1.165, 1.54) is 0 Å². The average molecular weight is 386 g/mol. The first-order chi connectivity index (χ1) is 12.4. The van der Waals surface area contributed by atoms with Crippen molar-refractivity contribution in [2.45, 2.75) is 69.6 Å². The molecule has 0 spiro atoms. The average Bonchev–Trinajstić information content (AvgIpc) is 3.21. The van der Waals surface area contributed by atoms with Crippen LogP contribution in [0, 0.1) is 5.92 Å². The Morgan fingerprint density at radius 1 is 1.00 bits per heavy atom. The van der Waals surface area contributed by atoms with Gasteiger partial charge in [-0.2, -0.15) is 0 Å². The molecule has 7 heteroatoms. The molecule has 1 aliphatic carbocycles. The molecule has 2 heterocycles. The molecule has 3 fully saturated rings. The normalized spacial score (nSPS) is 27.3. The molecular weight excluding hydrogens is 350 g/mol. The van der Waals surface area contributed by atoms with E-state index in [2.05, 4.69) is 11.8 Å². The lowest BCUT2D eigenvalue weighted by Crippen LogP contribution is -2.53. The molecule has 1 atom stereocenters. The van der Waals surface area contributed by atoms with Crippen molar-refractivity contribution >= 4 is 15.9 Å². The van der Waals surface area contributed by atoms with E-state index < -0.39 is 15.3 Å². The van der Waals surface area contributed by atoms with E-state index in [4.69, 9.17) is 0 Å². The Bertz CT molecular complexity index is 581. The van der Waals surface area contributed by atoms with Gasteiger partial charge in [-0.3, -0.25) is 4.79 Å². The number of hydrogen-bond acceptors (Lipinski definition) is 4. The fourth-order valence-electron chi connectivity index (χ4n) is 4.85. The molecule has 1 saturated carbocycles. The molecule has 2 aliphatic heterocycles. The number of piperidine rings is 2. The Labute approximate surface area is 158 Å². The summed E-state index contributed by atoms with van der Waals surface area (Å²) in [5, 5.41) is -0.434. The number of rotatable bonds is 5. The summed E-state index contributed by atoms with van der Waals surface area (Å²) in [6.45, 7) is 6.23. The van der Waals surface area contributed by atoms with Gasteiger partial charge in [0.05, 0.1) is 5.25 Å². The lowest BCUT2D eigenvalue weighted by molar-refractivity contribution is -0.136. The van der Waals surface area contributed by atoms with Crippen molar-refractivity contribution in [1.29, 1.82) is 0 Å². The van der Waals surface area contributed by atoms with Crippen LogP contribution in [-0.4, -0.2) is 79.5 Å². The first-order valence-corrected chi connectivity index (χ1v) is 11.9. The monoisotopic (exact) mass is 385 g/mol. The molecule has 0 N–H and O–H groups in total. The van der Waals surface area contributed by atoms with E-state index in [-0.39, 0.29) is 17.9 Å². The molecule has 1 amide bonds. The molecule has 0 unspecified atom stereocenters. The van der Waals surface area contributed by atoms with Gasteiger partial charge in [-0.05, 0) is 58.2 Å². The molecule has 150 valence electrons. The molecule has 3 rings (SSSR count). The summed E-state index contributed by atoms with van der Waals surface area (Å²) in [7, 11) is -1.61. The van der Waals surface area contributed by atoms with Crippen LogP contribution in [-0.2, 0) is 14.8 Å². The summed E-state index contributed by atoms with van der Waals surface area (Å²) in [6, 6.07) is 0.101. The number of likely N-dealkylation sites (tertiary alicyclic amines) is 2. The maximum atomic E-state index is 13.2. The third kappa shape index (κ3) is 4.25. The smallest absolute Gasteiger partial charge is 0.225 e. The standard InChI is InChI=1S/C19H35N3O3S/c1-3-21-13-10-17(11-14-21)20(2)26(24,25)18-9-6-12-22(15-18)19(23)16-7-4-5-8-16/h16-18H,3-15H2,1-2H3/t18-/m1/s1. The third-order valence-corrected chi connectivity index (χ3v) is 9.06. The largest absolute Gasteiger partial charge is 0.341 e. The minimum atomic E-state index is -3.35. The molecule has 0 aromatic carbocycles. The second kappa shape index (κ2) is 8.57. The molecule has 0 radical (unpaired) electrons. The number of amides is 1. The summed E-state index contributed by atoms with van der Waals surface area (Å²) < 4.78 is 28.0. The zero-order chi connectivity index (χ0) is 18.7. The molecule has 0 bridgehead atoms. The highest BCUT2D eigenvalue weighted by atomic mass is 32.2. The summed E-state index contributed by atoms with van der Waals surface area (Å²) in [4.78, 5) is 16.9. The van der Waals surface area contributed by atoms with Gasteiger partial charge < -0.3 is 9.80 Å². The fraction of sp³-hybridized carbons (Fsp3) is 0.947. The SMILES string of the molecule is CCN1CCC(N(C)S(=O)(=O)[C@@H]2CCCN(C(=O)C3CCCC3)C2)CC1. The zero-order valence-corrected chi connectivity index (χ0v) is 17.2. The Morgan fingerprint density at radius 3 is 2.27 bits per heavy atom. The second-order valence-electron chi connectivity index (χ2n) is 8.26. The van der Waals surface area contributed by atoms with Crippen LogP contribution >= 0.6 is 0 Å². The Balaban J connectivity index is 1.61. The van der Waals surface area contributed by atoms with Gasteiger partial charge in [0.2, 0.25) is 15.9 Å². The van der Waals surface area contributed by atoms with Gasteiger partial charge in [0, 0.05) is 32.1 Å². The number of nitrogens with zero attached hydrogens (tertiary/aromatic N) is 3. The molecule has 26 heavy (non-hydrogen) atoms. The zero-order valence-electron chi connectivity index (χ0n) is 16.4. The van der Waals surface area contributed by atoms with Crippen LogP contribution in [0.3, 0.4) is 0 Å². The van der Waals surface area contributed by atoms with Gasteiger partial charge in [-0.25, -0.2) is 12.7 Å². The van der Waals surface area contributed by atoms with E-state index in [1.807, 2.05) is 4.90 Å². The first-order valence-electron chi connectivity index (χ1n) is 10.4. The molecule has 3 aliphatic rings. The van der Waals surface area contributed by atoms with Gasteiger partial charge in [0.25, 0.3) is 0 Å². The Morgan fingerprint density at radius 2 is 1.65 bits per heavy atom. The van der Waals surface area contributed by atoms with E-state index >= 15 is 0 Å². The minimum absolute atomic E-state index is 0.101. The number of carbonyl (C=O) groups is 1. The summed E-state index contributed by atoms with van der Waals surface area (Å²) in [5.74, 6) is 0.328. The molecule has 0 aromatic heterocycles. The van der Waals surface area contributed by atoms with Crippen molar-refractivity contribution in [2.24, 2.45) is 5.92 Å². The van der Waals surface area contributed by atoms with Crippen LogP contribution in [0.4, 0.5) is 0 Å². The van der Waals surface area contributed by atoms with Gasteiger partial charge in [0.1, 0.15) is 0 Å². The van der Waals surface area contributed by atoms with Crippen molar-refractivity contribution in [3.63, 3.8) is 0 Å². The maximum absolute atomic E-state index is 13.2. The quantitative estimate of drug-likeness (QED) is 0.725. The maximum Gasteiger partial charge on any atom is 0.225 e. The van der Waals surface area contributed by atoms with Crippen molar-refractivity contribution in [3.05, 3.63) is 0 Å². The number of carbonyl (C=O) groups excluding carboxylic acids is 1. The van der Waals surface area contributed by atoms with E-state index in [0.717, 1.165) is 71.1 Å². The van der Waals surface area contributed by atoms with Crippen LogP contribution in [0.2, 0.25) is 0 Å². The van der Waals surface area contributed by atoms with Crippen LogP contribution in [0.5, 0.6) is 0 Å². The molecule has 6 nitrogen and oxygen atoms in total. The Hall–Kier alpha value is -0.660. The van der Waals surface area contributed by atoms with Crippen molar-refractivity contribution in [2.75, 3.05) is 39.8 Å². The number of hydrogen-bond donors (Lipinski definition) is 0. The third-order valence-electron chi connectivity index (χ3n) is 6.74. The van der Waals surface area contributed by atoms with Crippen molar-refractivity contribution < 1.29 is 13.2 Å². The summed E-state index contributed by atoms with van der Waals surface area (Å²) >= 11 is 0. The lowest BCUT2D eigenvalue weighted by atomic mass is 10.0. The molecular formula is C19H35N3O3S. The van der Waals surface area contributed by atoms with E-state index in [9.17, 15) is 13.2 Å². The van der Waals surface area contributed by atoms with E-state index in [1.54, 1.807) is 11.4 Å². The fourth-order valence-corrected chi connectivity index (χ4v) is 6.78. The minimum Gasteiger partial charge on any atom is -0.341 e. The van der Waals surface area contributed by atoms with Crippen LogP contribution in [0.25, 0.3) is 0 Å². The van der Waals surface area contributed by atoms with Crippen molar-refractivity contribution in [3.8, 4) is 0 Å². The Kier molecular flexibility index (Phi) is 6.62. The van der Waals surface area contributed by atoms with E-state index in [0.29, 0.717) is 13.0 Å². The summed E-state index contributed by atoms with van der Waals surface area (Å²) in [5.41, 5.74) is 0. The topological polar surface area (TPSA) is 60.9 Å². The van der Waals surface area contributed by atoms with Crippen molar-refractivity contribution in [1.82, 2.24) is 14.1 Å². The number of sulfonamides is 1. The molecule has 2 saturated heterocycles. The second-order valence-corrected chi connectivity index (χ2v) is 10.5. The summed E-state index contributed by atoms with van der Waals surface area (Å²) in [6.07, 6.45) is 7.49.